The van der Waals surface area contributed by atoms with Crippen LogP contribution in [0.4, 0.5) is 8.78 Å². The van der Waals surface area contributed by atoms with E-state index in [1.165, 1.54) is 12.1 Å². The molecule has 8 heteroatoms. The second-order valence-corrected chi connectivity index (χ2v) is 7.02. The number of ether oxygens (including phenoxy) is 3. The zero-order valence-electron chi connectivity index (χ0n) is 17.4. The van der Waals surface area contributed by atoms with E-state index >= 15 is 0 Å². The van der Waals surface area contributed by atoms with Gasteiger partial charge in [0.2, 0.25) is 0 Å². The first-order chi connectivity index (χ1) is 13.8. The van der Waals surface area contributed by atoms with Gasteiger partial charge in [-0.25, -0.2) is 8.78 Å². The average Bonchev–Trinajstić information content (AvgIpc) is 2.66. The van der Waals surface area contributed by atoms with Crippen molar-refractivity contribution in [3.63, 3.8) is 0 Å². The van der Waals surface area contributed by atoms with Gasteiger partial charge in [-0.2, -0.15) is 0 Å². The SMILES string of the molecule is CC(C)NC(Oc1ccc(OCCOCCc2ccc(F)cc2F)cc1)C(C)O.Cl. The summed E-state index contributed by atoms with van der Waals surface area (Å²) >= 11 is 0. The lowest BCUT2D eigenvalue weighted by Crippen LogP contribution is -2.46. The van der Waals surface area contributed by atoms with Crippen LogP contribution in [0.15, 0.2) is 42.5 Å². The van der Waals surface area contributed by atoms with Gasteiger partial charge in [0.25, 0.3) is 0 Å². The Morgan fingerprint density at radius 3 is 2.20 bits per heavy atom. The van der Waals surface area contributed by atoms with Crippen molar-refractivity contribution < 1.29 is 28.1 Å². The van der Waals surface area contributed by atoms with E-state index in [-0.39, 0.29) is 18.4 Å². The summed E-state index contributed by atoms with van der Waals surface area (Å²) in [6.07, 6.45) is -0.789. The number of nitrogens with one attached hydrogen (secondary N) is 1. The second-order valence-electron chi connectivity index (χ2n) is 7.02. The molecule has 2 aromatic carbocycles. The summed E-state index contributed by atoms with van der Waals surface area (Å²) < 4.78 is 43.2. The van der Waals surface area contributed by atoms with Crippen molar-refractivity contribution in [3.05, 3.63) is 59.7 Å². The fourth-order valence-corrected chi connectivity index (χ4v) is 2.59. The van der Waals surface area contributed by atoms with Crippen molar-refractivity contribution in [1.82, 2.24) is 5.32 Å². The molecule has 0 aliphatic rings. The van der Waals surface area contributed by atoms with E-state index in [4.69, 9.17) is 14.2 Å². The lowest BCUT2D eigenvalue weighted by atomic mass is 10.1. The van der Waals surface area contributed by atoms with Crippen LogP contribution >= 0.6 is 12.4 Å². The summed E-state index contributed by atoms with van der Waals surface area (Å²) in [5.74, 6) is 0.132. The number of benzene rings is 2. The zero-order valence-corrected chi connectivity index (χ0v) is 18.3. The average molecular weight is 446 g/mol. The van der Waals surface area contributed by atoms with Crippen molar-refractivity contribution >= 4 is 12.4 Å². The van der Waals surface area contributed by atoms with E-state index in [1.54, 1.807) is 31.2 Å². The maximum atomic E-state index is 13.5. The van der Waals surface area contributed by atoms with E-state index < -0.39 is 24.0 Å². The van der Waals surface area contributed by atoms with Gasteiger partial charge < -0.3 is 19.3 Å². The molecule has 0 spiro atoms. The lowest BCUT2D eigenvalue weighted by molar-refractivity contribution is 0.0218. The van der Waals surface area contributed by atoms with E-state index in [0.717, 1.165) is 6.07 Å². The summed E-state index contributed by atoms with van der Waals surface area (Å²) in [7, 11) is 0. The van der Waals surface area contributed by atoms with Crippen LogP contribution in [0.5, 0.6) is 11.5 Å². The molecule has 2 aromatic rings. The van der Waals surface area contributed by atoms with Gasteiger partial charge >= 0.3 is 0 Å². The third kappa shape index (κ3) is 9.26. The largest absolute Gasteiger partial charge is 0.491 e. The molecule has 0 saturated heterocycles. The van der Waals surface area contributed by atoms with Crippen molar-refractivity contribution in [3.8, 4) is 11.5 Å². The summed E-state index contributed by atoms with van der Waals surface area (Å²) in [4.78, 5) is 0. The Morgan fingerprint density at radius 2 is 1.60 bits per heavy atom. The standard InChI is InChI=1S/C22H29F2NO4.ClH/c1-15(2)25-22(16(3)26)29-20-8-6-19(7-9-20)28-13-12-27-11-10-17-4-5-18(23)14-21(17)24;/h4-9,14-16,22,25-26H,10-13H2,1-3H3;1H. The molecule has 0 amide bonds. The van der Waals surface area contributed by atoms with Crippen molar-refractivity contribution in [1.29, 1.82) is 0 Å². The number of halogens is 3. The van der Waals surface area contributed by atoms with Gasteiger partial charge in [-0.3, -0.25) is 5.32 Å². The Kier molecular flexibility index (Phi) is 11.7. The molecule has 5 nitrogen and oxygen atoms in total. The third-order valence-corrected chi connectivity index (χ3v) is 4.05. The first-order valence-electron chi connectivity index (χ1n) is 9.70. The van der Waals surface area contributed by atoms with Crippen molar-refractivity contribution in [2.24, 2.45) is 0 Å². The highest BCUT2D eigenvalue weighted by Gasteiger charge is 2.17. The topological polar surface area (TPSA) is 60.0 Å². The molecule has 0 aliphatic carbocycles. The smallest absolute Gasteiger partial charge is 0.176 e. The number of rotatable bonds is 12. The first-order valence-corrected chi connectivity index (χ1v) is 9.70. The number of hydrogen-bond donors (Lipinski definition) is 2. The van der Waals surface area contributed by atoms with Crippen molar-refractivity contribution in [2.45, 2.75) is 45.6 Å². The Morgan fingerprint density at radius 1 is 0.933 bits per heavy atom. The van der Waals surface area contributed by atoms with Crippen LogP contribution in [-0.2, 0) is 11.2 Å². The van der Waals surface area contributed by atoms with Gasteiger partial charge in [0, 0.05) is 12.1 Å². The van der Waals surface area contributed by atoms with Crippen LogP contribution in [0.1, 0.15) is 26.3 Å². The third-order valence-electron chi connectivity index (χ3n) is 4.05. The molecule has 0 saturated carbocycles. The van der Waals surface area contributed by atoms with Crippen LogP contribution < -0.4 is 14.8 Å². The molecule has 0 aliphatic heterocycles. The van der Waals surface area contributed by atoms with Gasteiger partial charge in [0.1, 0.15) is 35.8 Å². The highest BCUT2D eigenvalue weighted by Crippen LogP contribution is 2.19. The summed E-state index contributed by atoms with van der Waals surface area (Å²) in [6, 6.07) is 10.8. The molecule has 30 heavy (non-hydrogen) atoms. The predicted octanol–water partition coefficient (Wildman–Crippen LogP) is 4.11. The highest BCUT2D eigenvalue weighted by molar-refractivity contribution is 5.85. The predicted molar refractivity (Wildman–Crippen MR) is 114 cm³/mol. The fraction of sp³-hybridized carbons (Fsp3) is 0.455. The normalized spacial score (nSPS) is 12.9. The zero-order chi connectivity index (χ0) is 21.2. The monoisotopic (exact) mass is 445 g/mol. The van der Waals surface area contributed by atoms with Crippen LogP contribution in [0.25, 0.3) is 0 Å². The minimum atomic E-state index is -0.658. The van der Waals surface area contributed by atoms with Crippen LogP contribution in [0.3, 0.4) is 0 Å². The maximum absolute atomic E-state index is 13.5. The molecular weight excluding hydrogens is 416 g/mol. The van der Waals surface area contributed by atoms with Gasteiger partial charge in [-0.05, 0) is 63.1 Å². The molecule has 0 radical (unpaired) electrons. The lowest BCUT2D eigenvalue weighted by Gasteiger charge is -2.25. The fourth-order valence-electron chi connectivity index (χ4n) is 2.59. The first kappa shape index (κ1) is 26.1. The molecule has 0 heterocycles. The maximum Gasteiger partial charge on any atom is 0.176 e. The molecule has 0 bridgehead atoms. The molecule has 2 unspecified atom stereocenters. The van der Waals surface area contributed by atoms with E-state index in [2.05, 4.69) is 5.32 Å². The molecule has 2 rings (SSSR count). The summed E-state index contributed by atoms with van der Waals surface area (Å²) in [5, 5.41) is 13.0. The van der Waals surface area contributed by atoms with Crippen molar-refractivity contribution in [2.75, 3.05) is 19.8 Å². The number of hydrogen-bond acceptors (Lipinski definition) is 5. The molecule has 2 atom stereocenters. The molecular formula is C22H30ClF2NO4. The quantitative estimate of drug-likeness (QED) is 0.380. The Bertz CT molecular complexity index is 744. The molecule has 0 aromatic heterocycles. The van der Waals surface area contributed by atoms with Crippen LogP contribution in [-0.4, -0.2) is 43.3 Å². The molecule has 168 valence electrons. The minimum absolute atomic E-state index is 0. The summed E-state index contributed by atoms with van der Waals surface area (Å²) in [6.45, 7) is 6.65. The Balaban J connectivity index is 0.00000450. The second kappa shape index (κ2) is 13.4. The number of aliphatic hydroxyl groups is 1. The minimum Gasteiger partial charge on any atom is -0.491 e. The molecule has 2 N–H and O–H groups in total. The number of aliphatic hydroxyl groups excluding tert-OH is 1. The highest BCUT2D eigenvalue weighted by atomic mass is 35.5. The molecule has 0 fully saturated rings. The van der Waals surface area contributed by atoms with Gasteiger partial charge in [0.05, 0.1) is 13.2 Å². The Labute approximate surface area is 182 Å². The van der Waals surface area contributed by atoms with E-state index in [9.17, 15) is 13.9 Å². The van der Waals surface area contributed by atoms with Gasteiger partial charge in [0.15, 0.2) is 6.23 Å². The van der Waals surface area contributed by atoms with Crippen LogP contribution in [0.2, 0.25) is 0 Å². The Hall–Kier alpha value is -1.93. The van der Waals surface area contributed by atoms with Crippen LogP contribution in [0, 0.1) is 11.6 Å². The van der Waals surface area contributed by atoms with Gasteiger partial charge in [-0.15, -0.1) is 12.4 Å². The van der Waals surface area contributed by atoms with Gasteiger partial charge in [-0.1, -0.05) is 6.07 Å². The van der Waals surface area contributed by atoms with E-state index in [0.29, 0.717) is 43.3 Å². The summed E-state index contributed by atoms with van der Waals surface area (Å²) in [5.41, 5.74) is 0.422. The van der Waals surface area contributed by atoms with E-state index in [1.807, 2.05) is 13.8 Å².